The number of hydrogen-bond donors (Lipinski definition) is 3. The van der Waals surface area contributed by atoms with Gasteiger partial charge in [-0.15, -0.1) is 0 Å². The van der Waals surface area contributed by atoms with E-state index in [1.54, 1.807) is 0 Å². The SMILES string of the molecule is O=C1CCCCN1O.O=C1CCCCN1O.O=C1CCCCN1O.[Ga]. The van der Waals surface area contributed by atoms with Crippen LogP contribution in [-0.4, -0.2) is 88.0 Å². The van der Waals surface area contributed by atoms with E-state index in [9.17, 15) is 14.4 Å². The van der Waals surface area contributed by atoms with Crippen molar-refractivity contribution >= 4 is 37.5 Å². The van der Waals surface area contributed by atoms with E-state index in [0.29, 0.717) is 38.9 Å². The summed E-state index contributed by atoms with van der Waals surface area (Å²) in [5, 5.41) is 28.4. The molecule has 3 N–H and O–H groups in total. The summed E-state index contributed by atoms with van der Waals surface area (Å²) >= 11 is 0. The van der Waals surface area contributed by atoms with Crippen molar-refractivity contribution < 1.29 is 30.0 Å². The smallest absolute Gasteiger partial charge is 0.245 e. The van der Waals surface area contributed by atoms with Gasteiger partial charge in [-0.1, -0.05) is 0 Å². The van der Waals surface area contributed by atoms with Crippen molar-refractivity contribution in [2.45, 2.75) is 57.8 Å². The van der Waals surface area contributed by atoms with Crippen LogP contribution in [0.1, 0.15) is 57.8 Å². The number of amides is 3. The van der Waals surface area contributed by atoms with Gasteiger partial charge in [-0.25, -0.2) is 15.2 Å². The molecule has 9 nitrogen and oxygen atoms in total. The van der Waals surface area contributed by atoms with Crippen molar-refractivity contribution in [1.82, 2.24) is 15.2 Å². The van der Waals surface area contributed by atoms with Gasteiger partial charge in [0.2, 0.25) is 17.7 Å². The summed E-state index contributed by atoms with van der Waals surface area (Å²) in [6, 6.07) is 0. The van der Waals surface area contributed by atoms with Gasteiger partial charge in [-0.3, -0.25) is 30.0 Å². The van der Waals surface area contributed by atoms with E-state index in [1.165, 1.54) is 0 Å². The molecule has 3 heterocycles. The zero-order valence-electron chi connectivity index (χ0n) is 14.5. The maximum Gasteiger partial charge on any atom is 0.245 e. The van der Waals surface area contributed by atoms with E-state index in [4.69, 9.17) is 15.6 Å². The molecule has 0 spiro atoms. The van der Waals surface area contributed by atoms with E-state index in [-0.39, 0.29) is 37.5 Å². The predicted molar refractivity (Wildman–Crippen MR) is 87.8 cm³/mol. The van der Waals surface area contributed by atoms with Crippen LogP contribution >= 0.6 is 0 Å². The van der Waals surface area contributed by atoms with Crippen LogP contribution in [0.25, 0.3) is 0 Å². The molecule has 0 unspecified atom stereocenters. The Kier molecular flexibility index (Phi) is 12.6. The topological polar surface area (TPSA) is 122 Å². The van der Waals surface area contributed by atoms with Gasteiger partial charge in [0.05, 0.1) is 0 Å². The fourth-order valence-electron chi connectivity index (χ4n) is 2.37. The van der Waals surface area contributed by atoms with Gasteiger partial charge in [0.1, 0.15) is 0 Å². The molecule has 3 radical (unpaired) electrons. The average Bonchev–Trinajstić information content (AvgIpc) is 2.57. The Morgan fingerprint density at radius 2 is 0.760 bits per heavy atom. The molecule has 3 aliphatic heterocycles. The first-order chi connectivity index (χ1) is 11.4. The van der Waals surface area contributed by atoms with Crippen molar-refractivity contribution in [2.24, 2.45) is 0 Å². The van der Waals surface area contributed by atoms with Gasteiger partial charge in [-0.2, -0.15) is 0 Å². The van der Waals surface area contributed by atoms with Gasteiger partial charge in [-0.05, 0) is 38.5 Å². The van der Waals surface area contributed by atoms with Crippen LogP contribution < -0.4 is 0 Å². The summed E-state index contributed by atoms with van der Waals surface area (Å²) in [4.78, 5) is 31.4. The molecule has 3 amide bonds. The Balaban J connectivity index is 0.000000339. The monoisotopic (exact) mass is 414 g/mol. The molecule has 0 bridgehead atoms. The first-order valence-corrected chi connectivity index (χ1v) is 8.39. The molecule has 0 atom stereocenters. The zero-order valence-corrected chi connectivity index (χ0v) is 16.9. The Labute approximate surface area is 160 Å². The first-order valence-electron chi connectivity index (χ1n) is 8.39. The minimum Gasteiger partial charge on any atom is -0.286 e. The van der Waals surface area contributed by atoms with Crippen LogP contribution in [0, 0.1) is 0 Å². The molecule has 0 aliphatic carbocycles. The van der Waals surface area contributed by atoms with Crippen molar-refractivity contribution in [3.05, 3.63) is 0 Å². The number of rotatable bonds is 0. The summed E-state index contributed by atoms with van der Waals surface area (Å²) in [7, 11) is 0. The van der Waals surface area contributed by atoms with Crippen LogP contribution in [0.3, 0.4) is 0 Å². The maximum absolute atomic E-state index is 10.5. The third-order valence-electron chi connectivity index (χ3n) is 3.90. The fourth-order valence-corrected chi connectivity index (χ4v) is 2.37. The Bertz CT molecular complexity index is 376. The molecule has 3 fully saturated rings. The van der Waals surface area contributed by atoms with Crippen molar-refractivity contribution in [3.63, 3.8) is 0 Å². The van der Waals surface area contributed by atoms with Gasteiger partial charge in [0.25, 0.3) is 0 Å². The molecule has 0 aromatic carbocycles. The third kappa shape index (κ3) is 9.85. The summed E-state index contributed by atoms with van der Waals surface area (Å²) < 4.78 is 0. The molecule has 3 saturated heterocycles. The molecular formula is C15H27GaN3O6. The van der Waals surface area contributed by atoms with E-state index in [2.05, 4.69) is 0 Å². The van der Waals surface area contributed by atoms with Crippen molar-refractivity contribution in [2.75, 3.05) is 19.6 Å². The number of carbonyl (C=O) groups is 3. The number of hydrogen-bond acceptors (Lipinski definition) is 6. The number of hydroxylamine groups is 6. The minimum absolute atomic E-state index is 0. The van der Waals surface area contributed by atoms with Gasteiger partial charge >= 0.3 is 0 Å². The number of nitrogens with zero attached hydrogens (tertiary/aromatic N) is 3. The van der Waals surface area contributed by atoms with Crippen LogP contribution in [0.2, 0.25) is 0 Å². The van der Waals surface area contributed by atoms with Gasteiger partial charge < -0.3 is 0 Å². The second-order valence-electron chi connectivity index (χ2n) is 5.92. The van der Waals surface area contributed by atoms with Crippen LogP contribution in [0.5, 0.6) is 0 Å². The van der Waals surface area contributed by atoms with Crippen LogP contribution in [-0.2, 0) is 14.4 Å². The minimum atomic E-state index is -0.142. The molecular weight excluding hydrogens is 388 g/mol. The Morgan fingerprint density at radius 1 is 0.520 bits per heavy atom. The molecule has 0 saturated carbocycles. The van der Waals surface area contributed by atoms with Crippen LogP contribution in [0.4, 0.5) is 0 Å². The maximum atomic E-state index is 10.5. The zero-order chi connectivity index (χ0) is 17.9. The third-order valence-corrected chi connectivity index (χ3v) is 3.90. The van der Waals surface area contributed by atoms with E-state index < -0.39 is 0 Å². The summed E-state index contributed by atoms with van der Waals surface area (Å²) in [5.74, 6) is -0.427. The van der Waals surface area contributed by atoms with E-state index in [0.717, 1.165) is 53.7 Å². The molecule has 3 rings (SSSR count). The molecule has 10 heteroatoms. The van der Waals surface area contributed by atoms with Gasteiger partial charge in [0, 0.05) is 58.7 Å². The average molecular weight is 415 g/mol. The van der Waals surface area contributed by atoms with E-state index >= 15 is 0 Å². The quantitative estimate of drug-likeness (QED) is 0.397. The standard InChI is InChI=1S/3C5H9NO2.Ga/c3*7-5-3-1-2-4-6(5)8;/h3*8H,1-4H2;. The molecule has 0 aromatic rings. The van der Waals surface area contributed by atoms with Crippen molar-refractivity contribution in [3.8, 4) is 0 Å². The normalized spacial score (nSPS) is 20.8. The van der Waals surface area contributed by atoms with Crippen molar-refractivity contribution in [1.29, 1.82) is 0 Å². The molecule has 25 heavy (non-hydrogen) atoms. The second kappa shape index (κ2) is 13.2. The second-order valence-corrected chi connectivity index (χ2v) is 5.92. The summed E-state index contributed by atoms with van der Waals surface area (Å²) in [5.41, 5.74) is 0. The Hall–Kier alpha value is -1.07. The number of carbonyl (C=O) groups excluding carboxylic acids is 3. The molecule has 141 valence electrons. The summed E-state index contributed by atoms with van der Waals surface area (Å²) in [6.07, 6.45) is 7.11. The summed E-state index contributed by atoms with van der Waals surface area (Å²) in [6.45, 7) is 1.54. The van der Waals surface area contributed by atoms with Gasteiger partial charge in [0.15, 0.2) is 0 Å². The number of piperidine rings is 3. The van der Waals surface area contributed by atoms with E-state index in [1.807, 2.05) is 0 Å². The molecule has 0 aromatic heterocycles. The largest absolute Gasteiger partial charge is 0.286 e. The predicted octanol–water partition coefficient (Wildman–Crippen LogP) is 0.784. The Morgan fingerprint density at radius 3 is 0.880 bits per heavy atom. The first kappa shape index (κ1) is 23.9. The molecule has 3 aliphatic rings. The fraction of sp³-hybridized carbons (Fsp3) is 0.800. The van der Waals surface area contributed by atoms with Crippen LogP contribution in [0.15, 0.2) is 0 Å².